The van der Waals surface area contributed by atoms with Gasteiger partial charge in [-0.15, -0.1) is 0 Å². The highest BCUT2D eigenvalue weighted by atomic mass is 79.9. The van der Waals surface area contributed by atoms with Crippen LogP contribution in [-0.4, -0.2) is 25.5 Å². The van der Waals surface area contributed by atoms with Gasteiger partial charge in [0.15, 0.2) is 0 Å². The van der Waals surface area contributed by atoms with Crippen molar-refractivity contribution in [3.63, 3.8) is 0 Å². The van der Waals surface area contributed by atoms with Crippen molar-refractivity contribution in [1.82, 2.24) is 0 Å². The summed E-state index contributed by atoms with van der Waals surface area (Å²) in [5.74, 6) is -0.159. The van der Waals surface area contributed by atoms with Crippen molar-refractivity contribution in [2.45, 2.75) is 19.9 Å². The van der Waals surface area contributed by atoms with Crippen molar-refractivity contribution < 1.29 is 13.2 Å². The first kappa shape index (κ1) is 16.8. The van der Waals surface area contributed by atoms with Gasteiger partial charge in [-0.3, -0.25) is 9.10 Å². The van der Waals surface area contributed by atoms with E-state index in [9.17, 15) is 13.2 Å². The van der Waals surface area contributed by atoms with Crippen molar-refractivity contribution in [3.8, 4) is 0 Å². The Balaban J connectivity index is 3.44. The van der Waals surface area contributed by atoms with Gasteiger partial charge in [0.2, 0.25) is 15.3 Å². The molecule has 0 fully saturated rings. The Bertz CT molecular complexity index is 592. The Morgan fingerprint density at radius 1 is 1.47 bits per heavy atom. The maximum Gasteiger partial charge on any atom is 0.245 e. The largest absolute Gasteiger partial charge is 0.279 e. The van der Waals surface area contributed by atoms with Gasteiger partial charge in [0.05, 0.1) is 16.5 Å². The fourth-order valence-corrected chi connectivity index (χ4v) is 3.78. The molecule has 0 N–H and O–H groups in total. The van der Waals surface area contributed by atoms with Crippen molar-refractivity contribution >= 4 is 60.1 Å². The smallest absolute Gasteiger partial charge is 0.245 e. The lowest BCUT2D eigenvalue weighted by Gasteiger charge is -2.28. The SMILES string of the molecule is CCS(=O)(=O)N(c1ccc(Br)cc1Cl)C(C)C(=O)Cl. The summed E-state index contributed by atoms with van der Waals surface area (Å²) < 4.78 is 25.9. The van der Waals surface area contributed by atoms with E-state index in [0.717, 1.165) is 4.31 Å². The van der Waals surface area contributed by atoms with E-state index in [2.05, 4.69) is 15.9 Å². The summed E-state index contributed by atoms with van der Waals surface area (Å²) in [6, 6.07) is 3.70. The highest BCUT2D eigenvalue weighted by molar-refractivity contribution is 9.10. The van der Waals surface area contributed by atoms with Crippen LogP contribution in [0.25, 0.3) is 0 Å². The maximum absolute atomic E-state index is 12.1. The molecule has 4 nitrogen and oxygen atoms in total. The molecule has 1 unspecified atom stereocenters. The first-order valence-corrected chi connectivity index (χ1v) is 8.53. The summed E-state index contributed by atoms with van der Waals surface area (Å²) in [6.45, 7) is 2.90. The molecule has 0 saturated carbocycles. The Morgan fingerprint density at radius 3 is 2.47 bits per heavy atom. The van der Waals surface area contributed by atoms with Gasteiger partial charge in [0.1, 0.15) is 6.04 Å². The Hall–Kier alpha value is -0.300. The molecule has 1 aromatic carbocycles. The molecule has 0 aliphatic rings. The van der Waals surface area contributed by atoms with Crippen molar-refractivity contribution in [2.75, 3.05) is 10.1 Å². The van der Waals surface area contributed by atoms with Crippen molar-refractivity contribution in [1.29, 1.82) is 0 Å². The lowest BCUT2D eigenvalue weighted by Crippen LogP contribution is -2.43. The van der Waals surface area contributed by atoms with Gasteiger partial charge in [-0.25, -0.2) is 8.42 Å². The van der Waals surface area contributed by atoms with Crippen LogP contribution in [0.5, 0.6) is 0 Å². The highest BCUT2D eigenvalue weighted by Crippen LogP contribution is 2.32. The minimum atomic E-state index is -3.66. The first-order chi connectivity index (χ1) is 8.70. The average Bonchev–Trinajstić information content (AvgIpc) is 2.31. The molecule has 0 aromatic heterocycles. The van der Waals surface area contributed by atoms with Gasteiger partial charge in [0, 0.05) is 4.47 Å². The Kier molecular flexibility index (Phi) is 5.67. The number of sulfonamides is 1. The van der Waals surface area contributed by atoms with Crippen LogP contribution in [0.1, 0.15) is 13.8 Å². The summed E-state index contributed by atoms with van der Waals surface area (Å²) in [7, 11) is -3.66. The summed E-state index contributed by atoms with van der Waals surface area (Å²) in [4.78, 5) is 11.3. The standard InChI is InChI=1S/C11H12BrCl2NO3S/c1-3-19(17,18)15(7(2)11(14)16)10-5-4-8(12)6-9(10)13/h4-7H,3H2,1-2H3. The number of nitrogens with zero attached hydrogens (tertiary/aromatic N) is 1. The van der Waals surface area contributed by atoms with E-state index in [1.807, 2.05) is 0 Å². The summed E-state index contributed by atoms with van der Waals surface area (Å²) >= 11 is 14.7. The van der Waals surface area contributed by atoms with E-state index in [0.29, 0.717) is 4.47 Å². The van der Waals surface area contributed by atoms with Gasteiger partial charge in [-0.2, -0.15) is 0 Å². The fraction of sp³-hybridized carbons (Fsp3) is 0.364. The zero-order chi connectivity index (χ0) is 14.8. The molecule has 0 spiro atoms. The second-order valence-electron chi connectivity index (χ2n) is 3.77. The molecule has 1 aromatic rings. The van der Waals surface area contributed by atoms with Gasteiger partial charge in [-0.05, 0) is 43.6 Å². The third-order valence-electron chi connectivity index (χ3n) is 2.49. The van der Waals surface area contributed by atoms with Gasteiger partial charge >= 0.3 is 0 Å². The maximum atomic E-state index is 12.1. The van der Waals surface area contributed by atoms with Crippen molar-refractivity contribution in [2.24, 2.45) is 0 Å². The molecule has 8 heteroatoms. The summed E-state index contributed by atoms with van der Waals surface area (Å²) in [6.07, 6.45) is 0. The second-order valence-corrected chi connectivity index (χ2v) is 7.60. The van der Waals surface area contributed by atoms with E-state index in [1.165, 1.54) is 19.9 Å². The Labute approximate surface area is 130 Å². The minimum absolute atomic E-state index is 0.159. The molecule has 19 heavy (non-hydrogen) atoms. The third kappa shape index (κ3) is 3.84. The predicted octanol–water partition coefficient (Wildman–Crippen LogP) is 3.41. The van der Waals surface area contributed by atoms with E-state index >= 15 is 0 Å². The van der Waals surface area contributed by atoms with E-state index in [1.54, 1.807) is 12.1 Å². The molecule has 0 amide bonds. The minimum Gasteiger partial charge on any atom is -0.279 e. The molecule has 0 saturated heterocycles. The molecule has 0 radical (unpaired) electrons. The summed E-state index contributed by atoms with van der Waals surface area (Å²) in [5.41, 5.74) is 0.230. The number of carbonyl (C=O) groups excluding carboxylic acids is 1. The average molecular weight is 389 g/mol. The number of benzene rings is 1. The molecule has 0 aliphatic carbocycles. The number of hydrogen-bond acceptors (Lipinski definition) is 3. The quantitative estimate of drug-likeness (QED) is 0.726. The molecule has 106 valence electrons. The molecule has 0 heterocycles. The first-order valence-electron chi connectivity index (χ1n) is 5.37. The van der Waals surface area contributed by atoms with Crippen molar-refractivity contribution in [3.05, 3.63) is 27.7 Å². The van der Waals surface area contributed by atoms with Gasteiger partial charge < -0.3 is 0 Å². The van der Waals surface area contributed by atoms with Crippen LogP contribution in [0, 0.1) is 0 Å². The number of carbonyl (C=O) groups is 1. The third-order valence-corrected chi connectivity index (χ3v) is 5.45. The van der Waals surface area contributed by atoms with Crippen LogP contribution >= 0.6 is 39.1 Å². The topological polar surface area (TPSA) is 54.5 Å². The molecular formula is C11H12BrCl2NO3S. The predicted molar refractivity (Wildman–Crippen MR) is 81.4 cm³/mol. The normalized spacial score (nSPS) is 13.1. The Morgan fingerprint density at radius 2 is 2.05 bits per heavy atom. The van der Waals surface area contributed by atoms with Crippen LogP contribution in [-0.2, 0) is 14.8 Å². The number of rotatable bonds is 5. The summed E-state index contributed by atoms with van der Waals surface area (Å²) in [5, 5.41) is -0.549. The van der Waals surface area contributed by atoms with Crippen LogP contribution in [0.2, 0.25) is 5.02 Å². The van der Waals surface area contributed by atoms with Crippen LogP contribution in [0.4, 0.5) is 5.69 Å². The monoisotopic (exact) mass is 387 g/mol. The number of hydrogen-bond donors (Lipinski definition) is 0. The lowest BCUT2D eigenvalue weighted by molar-refractivity contribution is -0.112. The molecule has 0 aliphatic heterocycles. The second kappa shape index (κ2) is 6.43. The van der Waals surface area contributed by atoms with E-state index in [-0.39, 0.29) is 16.5 Å². The number of anilines is 1. The zero-order valence-corrected chi connectivity index (χ0v) is 14.1. The zero-order valence-electron chi connectivity index (χ0n) is 10.2. The van der Waals surface area contributed by atoms with E-state index in [4.69, 9.17) is 23.2 Å². The van der Waals surface area contributed by atoms with Crippen LogP contribution in [0.15, 0.2) is 22.7 Å². The van der Waals surface area contributed by atoms with Crippen LogP contribution in [0.3, 0.4) is 0 Å². The molecular weight excluding hydrogens is 377 g/mol. The molecule has 1 atom stereocenters. The lowest BCUT2D eigenvalue weighted by atomic mass is 10.3. The molecule has 0 bridgehead atoms. The number of halogens is 3. The van der Waals surface area contributed by atoms with Gasteiger partial charge in [0.25, 0.3) is 0 Å². The van der Waals surface area contributed by atoms with E-state index < -0.39 is 21.3 Å². The highest BCUT2D eigenvalue weighted by Gasteiger charge is 2.31. The molecule has 1 rings (SSSR count). The van der Waals surface area contributed by atoms with Gasteiger partial charge in [-0.1, -0.05) is 27.5 Å². The van der Waals surface area contributed by atoms with Crippen LogP contribution < -0.4 is 4.31 Å². The fourth-order valence-electron chi connectivity index (χ4n) is 1.49.